The summed E-state index contributed by atoms with van der Waals surface area (Å²) in [4.78, 5) is 30.4. The zero-order valence-corrected chi connectivity index (χ0v) is 16.6. The molecule has 7 heteroatoms. The van der Waals surface area contributed by atoms with Crippen LogP contribution in [-0.4, -0.2) is 56.1 Å². The molecular weight excluding hydrogens is 374 g/mol. The maximum absolute atomic E-state index is 13.0. The number of amides is 2. The molecular formula is C21H25N3O3S. The minimum atomic E-state index is -0.185. The molecule has 2 aliphatic heterocycles. The molecule has 1 unspecified atom stereocenters. The van der Waals surface area contributed by atoms with E-state index in [2.05, 4.69) is 10.2 Å². The summed E-state index contributed by atoms with van der Waals surface area (Å²) in [7, 11) is 0. The highest BCUT2D eigenvalue weighted by Gasteiger charge is 2.30. The maximum atomic E-state index is 13.0. The van der Waals surface area contributed by atoms with Gasteiger partial charge < -0.3 is 19.9 Å². The van der Waals surface area contributed by atoms with E-state index in [1.807, 2.05) is 46.7 Å². The van der Waals surface area contributed by atoms with Crippen molar-refractivity contribution in [2.45, 2.75) is 12.8 Å². The van der Waals surface area contributed by atoms with E-state index in [-0.39, 0.29) is 17.7 Å². The van der Waals surface area contributed by atoms with Crippen LogP contribution in [0.25, 0.3) is 0 Å². The van der Waals surface area contributed by atoms with Crippen LogP contribution in [0.3, 0.4) is 0 Å². The summed E-state index contributed by atoms with van der Waals surface area (Å²) >= 11 is 1.45. The fourth-order valence-corrected chi connectivity index (χ4v) is 4.52. The normalized spacial score (nSPS) is 20.1. The number of anilines is 2. The predicted octanol–water partition coefficient (Wildman–Crippen LogP) is 3.08. The molecule has 2 saturated heterocycles. The first kappa shape index (κ1) is 19.0. The largest absolute Gasteiger partial charge is 0.378 e. The lowest BCUT2D eigenvalue weighted by molar-refractivity contribution is -0.121. The second-order valence-electron chi connectivity index (χ2n) is 7.17. The molecule has 2 fully saturated rings. The molecule has 1 atom stereocenters. The minimum absolute atomic E-state index is 0.00982. The Hall–Kier alpha value is -2.38. The van der Waals surface area contributed by atoms with Crippen molar-refractivity contribution in [1.82, 2.24) is 4.90 Å². The smallest absolute Gasteiger partial charge is 0.263 e. The highest BCUT2D eigenvalue weighted by Crippen LogP contribution is 2.28. The molecule has 148 valence electrons. The van der Waals surface area contributed by atoms with E-state index in [4.69, 9.17) is 4.74 Å². The predicted molar refractivity (Wildman–Crippen MR) is 111 cm³/mol. The van der Waals surface area contributed by atoms with Gasteiger partial charge in [0.05, 0.1) is 35.4 Å². The fraction of sp³-hybridized carbons (Fsp3) is 0.429. The van der Waals surface area contributed by atoms with Crippen molar-refractivity contribution in [3.63, 3.8) is 0 Å². The van der Waals surface area contributed by atoms with E-state index in [0.717, 1.165) is 42.2 Å². The second kappa shape index (κ2) is 8.75. The number of carbonyl (C=O) groups is 2. The number of para-hydroxylation sites is 2. The van der Waals surface area contributed by atoms with Gasteiger partial charge in [0.1, 0.15) is 0 Å². The third-order valence-electron chi connectivity index (χ3n) is 5.33. The number of thiophene rings is 1. The Balaban J connectivity index is 1.43. The van der Waals surface area contributed by atoms with E-state index >= 15 is 0 Å². The molecule has 0 bridgehead atoms. The van der Waals surface area contributed by atoms with Gasteiger partial charge in [-0.25, -0.2) is 0 Å². The van der Waals surface area contributed by atoms with Crippen LogP contribution in [-0.2, 0) is 9.53 Å². The lowest BCUT2D eigenvalue weighted by Gasteiger charge is -2.33. The molecule has 0 radical (unpaired) electrons. The van der Waals surface area contributed by atoms with Crippen molar-refractivity contribution in [1.29, 1.82) is 0 Å². The first-order valence-corrected chi connectivity index (χ1v) is 10.7. The van der Waals surface area contributed by atoms with Gasteiger partial charge in [-0.2, -0.15) is 0 Å². The van der Waals surface area contributed by atoms with Crippen LogP contribution >= 0.6 is 11.3 Å². The van der Waals surface area contributed by atoms with Gasteiger partial charge in [0.2, 0.25) is 5.91 Å². The first-order chi connectivity index (χ1) is 13.7. The van der Waals surface area contributed by atoms with E-state index in [1.165, 1.54) is 11.3 Å². The summed E-state index contributed by atoms with van der Waals surface area (Å²) in [5, 5.41) is 5.02. The average Bonchev–Trinajstić information content (AvgIpc) is 3.29. The molecule has 4 rings (SSSR count). The number of nitrogens with one attached hydrogen (secondary N) is 1. The number of hydrogen-bond acceptors (Lipinski definition) is 5. The summed E-state index contributed by atoms with van der Waals surface area (Å²) < 4.78 is 5.44. The molecule has 2 aliphatic rings. The molecule has 2 amide bonds. The molecule has 2 aromatic rings. The van der Waals surface area contributed by atoms with Gasteiger partial charge in [-0.1, -0.05) is 18.2 Å². The van der Waals surface area contributed by atoms with Crippen molar-refractivity contribution < 1.29 is 14.3 Å². The maximum Gasteiger partial charge on any atom is 0.263 e. The van der Waals surface area contributed by atoms with Crippen molar-refractivity contribution in [2.75, 3.05) is 49.6 Å². The molecule has 28 heavy (non-hydrogen) atoms. The van der Waals surface area contributed by atoms with Crippen molar-refractivity contribution in [3.8, 4) is 0 Å². The average molecular weight is 400 g/mol. The highest BCUT2D eigenvalue weighted by molar-refractivity contribution is 7.12. The van der Waals surface area contributed by atoms with E-state index < -0.39 is 0 Å². The first-order valence-electron chi connectivity index (χ1n) is 9.78. The number of piperidine rings is 1. The Morgan fingerprint density at radius 1 is 1.07 bits per heavy atom. The minimum Gasteiger partial charge on any atom is -0.378 e. The van der Waals surface area contributed by atoms with Crippen LogP contribution < -0.4 is 10.2 Å². The number of ether oxygens (including phenoxy) is 1. The van der Waals surface area contributed by atoms with Gasteiger partial charge in [-0.15, -0.1) is 11.3 Å². The number of carbonyl (C=O) groups excluding carboxylic acids is 2. The Bertz CT molecular complexity index is 818. The molecule has 1 N–H and O–H groups in total. The van der Waals surface area contributed by atoms with Gasteiger partial charge in [0.15, 0.2) is 0 Å². The SMILES string of the molecule is O=C(Nc1ccccc1N1CCOCC1)C1CCCN(C(=O)c2cccs2)C1. The highest BCUT2D eigenvalue weighted by atomic mass is 32.1. The number of nitrogens with zero attached hydrogens (tertiary/aromatic N) is 2. The van der Waals surface area contributed by atoms with Crippen molar-refractivity contribution in [3.05, 3.63) is 46.7 Å². The quantitative estimate of drug-likeness (QED) is 0.858. The Morgan fingerprint density at radius 2 is 1.89 bits per heavy atom. The molecule has 0 spiro atoms. The Morgan fingerprint density at radius 3 is 2.68 bits per heavy atom. The third kappa shape index (κ3) is 4.20. The van der Waals surface area contributed by atoms with Crippen LogP contribution in [0.5, 0.6) is 0 Å². The van der Waals surface area contributed by atoms with Crippen LogP contribution in [0.1, 0.15) is 22.5 Å². The summed E-state index contributed by atoms with van der Waals surface area (Å²) in [6.45, 7) is 4.22. The number of benzene rings is 1. The zero-order valence-electron chi connectivity index (χ0n) is 15.8. The summed E-state index contributed by atoms with van der Waals surface area (Å²) in [5.74, 6) is -0.166. The van der Waals surface area contributed by atoms with Crippen molar-refractivity contribution >= 4 is 34.5 Å². The van der Waals surface area contributed by atoms with Crippen LogP contribution in [0.4, 0.5) is 11.4 Å². The van der Waals surface area contributed by atoms with Gasteiger partial charge in [0, 0.05) is 26.2 Å². The molecule has 1 aromatic heterocycles. The lowest BCUT2D eigenvalue weighted by Crippen LogP contribution is -2.43. The Kier molecular flexibility index (Phi) is 5.92. The summed E-state index contributed by atoms with van der Waals surface area (Å²) in [5.41, 5.74) is 1.86. The fourth-order valence-electron chi connectivity index (χ4n) is 3.83. The van der Waals surface area contributed by atoms with Crippen LogP contribution in [0, 0.1) is 5.92 Å². The number of morpholine rings is 1. The molecule has 6 nitrogen and oxygen atoms in total. The second-order valence-corrected chi connectivity index (χ2v) is 8.12. The molecule has 0 saturated carbocycles. The van der Waals surface area contributed by atoms with E-state index in [0.29, 0.717) is 26.3 Å². The summed E-state index contributed by atoms with van der Waals surface area (Å²) in [6, 6.07) is 11.6. The topological polar surface area (TPSA) is 61.9 Å². The standard InChI is InChI=1S/C21H25N3O3S/c25-20(16-5-3-9-24(15-16)21(26)19-8-4-14-28-19)22-17-6-1-2-7-18(17)23-10-12-27-13-11-23/h1-2,4,6-8,14,16H,3,5,9-13,15H2,(H,22,25). The number of rotatable bonds is 4. The number of hydrogen-bond donors (Lipinski definition) is 1. The molecule has 0 aliphatic carbocycles. The van der Waals surface area contributed by atoms with Crippen molar-refractivity contribution in [2.24, 2.45) is 5.92 Å². The summed E-state index contributed by atoms with van der Waals surface area (Å²) in [6.07, 6.45) is 1.65. The molecule has 3 heterocycles. The number of likely N-dealkylation sites (tertiary alicyclic amines) is 1. The monoisotopic (exact) mass is 399 g/mol. The zero-order chi connectivity index (χ0) is 19.3. The Labute approximate surface area is 169 Å². The lowest BCUT2D eigenvalue weighted by atomic mass is 9.96. The third-order valence-corrected chi connectivity index (χ3v) is 6.18. The van der Waals surface area contributed by atoms with Gasteiger partial charge in [-0.3, -0.25) is 9.59 Å². The van der Waals surface area contributed by atoms with Crippen LogP contribution in [0.15, 0.2) is 41.8 Å². The van der Waals surface area contributed by atoms with Crippen LogP contribution in [0.2, 0.25) is 0 Å². The van der Waals surface area contributed by atoms with E-state index in [9.17, 15) is 9.59 Å². The van der Waals surface area contributed by atoms with Gasteiger partial charge in [0.25, 0.3) is 5.91 Å². The van der Waals surface area contributed by atoms with E-state index in [1.54, 1.807) is 0 Å². The van der Waals surface area contributed by atoms with Gasteiger partial charge >= 0.3 is 0 Å². The molecule has 1 aromatic carbocycles. The van der Waals surface area contributed by atoms with Gasteiger partial charge in [-0.05, 0) is 36.4 Å².